The Kier molecular flexibility index (Phi) is 7.52. The summed E-state index contributed by atoms with van der Waals surface area (Å²) in [4.78, 5) is 0. The van der Waals surface area contributed by atoms with Crippen LogP contribution in [0.15, 0.2) is 24.3 Å². The minimum atomic E-state index is 0.814. The molecule has 16 heavy (non-hydrogen) atoms. The molecule has 0 unspecified atom stereocenters. The maximum absolute atomic E-state index is 5.59. The molecule has 0 saturated heterocycles. The number of benzene rings is 1. The largest absolute Gasteiger partial charge is 0.494 e. The monoisotopic (exact) mass is 221 g/mol. The average Bonchev–Trinajstić information content (AvgIpc) is 2.34. The minimum Gasteiger partial charge on any atom is -0.494 e. The predicted molar refractivity (Wildman–Crippen MR) is 65.7 cm³/mol. The van der Waals surface area contributed by atoms with Crippen LogP contribution in [0.3, 0.4) is 0 Å². The number of rotatable bonds is 9. The summed E-state index contributed by atoms with van der Waals surface area (Å²) in [6.45, 7) is 1.70. The molecule has 0 aliphatic carbocycles. The van der Waals surface area contributed by atoms with Crippen molar-refractivity contribution in [3.8, 4) is 5.75 Å². The van der Waals surface area contributed by atoms with Gasteiger partial charge in [0, 0.05) is 13.7 Å². The van der Waals surface area contributed by atoms with Crippen LogP contribution in [0.25, 0.3) is 0 Å². The van der Waals surface area contributed by atoms with Gasteiger partial charge in [0.25, 0.3) is 0 Å². The first-order valence-electron chi connectivity index (χ1n) is 6.01. The summed E-state index contributed by atoms with van der Waals surface area (Å²) in [5.74, 6) is 0.943. The van der Waals surface area contributed by atoms with E-state index in [1.54, 1.807) is 7.11 Å². The first kappa shape index (κ1) is 13.0. The highest BCUT2D eigenvalue weighted by molar-refractivity contribution is 5.20. The van der Waals surface area contributed by atoms with Gasteiger partial charge in [0.2, 0.25) is 0 Å². The number of hydrogen-bond acceptors (Lipinski definition) is 2. The highest BCUT2D eigenvalue weighted by Crippen LogP contribution is 2.09. The van der Waals surface area contributed by atoms with Gasteiger partial charge in [0.1, 0.15) is 5.75 Å². The van der Waals surface area contributed by atoms with Crippen LogP contribution in [0, 0.1) is 6.07 Å². The normalized spacial score (nSPS) is 10.3. The lowest BCUT2D eigenvalue weighted by atomic mass is 10.1. The van der Waals surface area contributed by atoms with Crippen LogP contribution in [-0.4, -0.2) is 20.3 Å². The van der Waals surface area contributed by atoms with E-state index < -0.39 is 0 Å². The summed E-state index contributed by atoms with van der Waals surface area (Å²) in [6, 6.07) is 10.6. The van der Waals surface area contributed by atoms with Crippen LogP contribution >= 0.6 is 0 Å². The fourth-order valence-electron chi connectivity index (χ4n) is 1.54. The van der Waals surface area contributed by atoms with Crippen molar-refractivity contribution in [2.45, 2.75) is 32.1 Å². The molecule has 0 atom stereocenters. The van der Waals surface area contributed by atoms with E-state index in [0.29, 0.717) is 0 Å². The Morgan fingerprint density at radius 3 is 2.25 bits per heavy atom. The Balaban J connectivity index is 1.89. The van der Waals surface area contributed by atoms with Crippen molar-refractivity contribution in [2.24, 2.45) is 0 Å². The van der Waals surface area contributed by atoms with E-state index in [0.717, 1.165) is 25.4 Å². The molecule has 0 fully saturated rings. The molecule has 1 radical (unpaired) electrons. The Morgan fingerprint density at radius 2 is 1.56 bits per heavy atom. The summed E-state index contributed by atoms with van der Waals surface area (Å²) in [7, 11) is 1.76. The third-order valence-electron chi connectivity index (χ3n) is 2.45. The number of hydrogen-bond donors (Lipinski definition) is 0. The lowest BCUT2D eigenvalue weighted by Gasteiger charge is -2.05. The maximum Gasteiger partial charge on any atom is 0.119 e. The van der Waals surface area contributed by atoms with Gasteiger partial charge in [-0.05, 0) is 31.0 Å². The predicted octanol–water partition coefficient (Wildman–Crippen LogP) is 3.46. The molecule has 0 aromatic heterocycles. The van der Waals surface area contributed by atoms with Crippen molar-refractivity contribution < 1.29 is 9.47 Å². The van der Waals surface area contributed by atoms with E-state index in [-0.39, 0.29) is 0 Å². The van der Waals surface area contributed by atoms with E-state index in [4.69, 9.17) is 9.47 Å². The van der Waals surface area contributed by atoms with Gasteiger partial charge >= 0.3 is 0 Å². The summed E-state index contributed by atoms with van der Waals surface area (Å²) >= 11 is 0. The van der Waals surface area contributed by atoms with E-state index in [1.165, 1.54) is 25.7 Å². The second kappa shape index (κ2) is 9.22. The zero-order valence-corrected chi connectivity index (χ0v) is 10.1. The van der Waals surface area contributed by atoms with E-state index in [2.05, 4.69) is 6.07 Å². The van der Waals surface area contributed by atoms with Crippen LogP contribution in [0.5, 0.6) is 5.75 Å². The lowest BCUT2D eigenvalue weighted by Crippen LogP contribution is -1.97. The van der Waals surface area contributed by atoms with Gasteiger partial charge in [-0.2, -0.15) is 0 Å². The first-order chi connectivity index (χ1) is 7.93. The number of ether oxygens (including phenoxy) is 2. The average molecular weight is 221 g/mol. The molecule has 0 heterocycles. The van der Waals surface area contributed by atoms with E-state index >= 15 is 0 Å². The smallest absolute Gasteiger partial charge is 0.119 e. The second-order valence-electron chi connectivity index (χ2n) is 3.84. The van der Waals surface area contributed by atoms with Crippen LogP contribution in [-0.2, 0) is 4.74 Å². The molecule has 0 N–H and O–H groups in total. The lowest BCUT2D eigenvalue weighted by molar-refractivity contribution is 0.191. The summed E-state index contributed by atoms with van der Waals surface area (Å²) in [6.07, 6.45) is 6.07. The SMILES string of the molecule is COCCCCCCCOc1cc[c]cc1. The van der Waals surface area contributed by atoms with Crippen molar-refractivity contribution in [3.63, 3.8) is 0 Å². The van der Waals surface area contributed by atoms with Crippen molar-refractivity contribution in [2.75, 3.05) is 20.3 Å². The van der Waals surface area contributed by atoms with Crippen LogP contribution in [0.2, 0.25) is 0 Å². The van der Waals surface area contributed by atoms with Gasteiger partial charge in [0.15, 0.2) is 0 Å². The second-order valence-corrected chi connectivity index (χ2v) is 3.84. The molecule has 2 nitrogen and oxygen atoms in total. The van der Waals surface area contributed by atoms with Crippen LogP contribution in [0.4, 0.5) is 0 Å². The van der Waals surface area contributed by atoms with E-state index in [9.17, 15) is 0 Å². The molecule has 1 rings (SSSR count). The molecule has 0 saturated carbocycles. The summed E-state index contributed by atoms with van der Waals surface area (Å²) in [5.41, 5.74) is 0. The van der Waals surface area contributed by atoms with Gasteiger partial charge in [-0.1, -0.05) is 31.4 Å². The third kappa shape index (κ3) is 6.46. The van der Waals surface area contributed by atoms with Crippen LogP contribution in [0.1, 0.15) is 32.1 Å². The zero-order chi connectivity index (χ0) is 11.5. The minimum absolute atomic E-state index is 0.814. The quantitative estimate of drug-likeness (QED) is 0.594. The maximum atomic E-state index is 5.59. The highest BCUT2D eigenvalue weighted by atomic mass is 16.5. The fraction of sp³-hybridized carbons (Fsp3) is 0.571. The Bertz CT molecular complexity index is 246. The van der Waals surface area contributed by atoms with Gasteiger partial charge in [0.05, 0.1) is 6.61 Å². The van der Waals surface area contributed by atoms with Gasteiger partial charge in [-0.3, -0.25) is 0 Å². The molecule has 2 heteroatoms. The molecular weight excluding hydrogens is 200 g/mol. The van der Waals surface area contributed by atoms with Crippen LogP contribution < -0.4 is 4.74 Å². The molecular formula is C14H21O2. The fourth-order valence-corrected chi connectivity index (χ4v) is 1.54. The molecule has 0 bridgehead atoms. The highest BCUT2D eigenvalue weighted by Gasteiger charge is 1.93. The zero-order valence-electron chi connectivity index (χ0n) is 10.1. The molecule has 0 spiro atoms. The summed E-state index contributed by atoms with van der Waals surface area (Å²) in [5, 5.41) is 0. The topological polar surface area (TPSA) is 18.5 Å². The van der Waals surface area contributed by atoms with Crippen molar-refractivity contribution >= 4 is 0 Å². The number of methoxy groups -OCH3 is 1. The standard InChI is InChI=1S/C14H21O2/c1-15-12-8-3-2-4-9-13-16-14-10-6-5-7-11-14/h6-7,10-11H,2-4,8-9,12-13H2,1H3. The Morgan fingerprint density at radius 1 is 0.938 bits per heavy atom. The summed E-state index contributed by atoms with van der Waals surface area (Å²) < 4.78 is 10.6. The van der Waals surface area contributed by atoms with Crippen molar-refractivity contribution in [3.05, 3.63) is 30.3 Å². The molecule has 0 aliphatic rings. The van der Waals surface area contributed by atoms with Gasteiger partial charge in [-0.25, -0.2) is 0 Å². The third-order valence-corrected chi connectivity index (χ3v) is 2.45. The van der Waals surface area contributed by atoms with E-state index in [1.807, 2.05) is 24.3 Å². The first-order valence-corrected chi connectivity index (χ1v) is 6.01. The molecule has 0 aliphatic heterocycles. The Hall–Kier alpha value is -1.02. The Labute approximate surface area is 98.6 Å². The molecule has 1 aromatic rings. The molecule has 1 aromatic carbocycles. The number of unbranched alkanes of at least 4 members (excludes halogenated alkanes) is 4. The molecule has 89 valence electrons. The van der Waals surface area contributed by atoms with Gasteiger partial charge < -0.3 is 9.47 Å². The van der Waals surface area contributed by atoms with Gasteiger partial charge in [-0.15, -0.1) is 0 Å². The molecule has 0 amide bonds. The van der Waals surface area contributed by atoms with Crippen molar-refractivity contribution in [1.29, 1.82) is 0 Å². The van der Waals surface area contributed by atoms with Crippen molar-refractivity contribution in [1.82, 2.24) is 0 Å².